The fourth-order valence-corrected chi connectivity index (χ4v) is 9.96. The predicted molar refractivity (Wildman–Crippen MR) is 272 cm³/mol. The lowest BCUT2D eigenvalue weighted by molar-refractivity contribution is 0.223. The second kappa shape index (κ2) is 16.9. The fraction of sp³-hybridized carbons (Fsp3) is 0.0312. The normalized spacial score (nSPS) is 14.2. The van der Waals surface area contributed by atoms with Gasteiger partial charge in [0.2, 0.25) is 0 Å². The largest absolute Gasteiger partial charge is 0.484 e. The van der Waals surface area contributed by atoms with E-state index in [1.807, 2.05) is 6.07 Å². The van der Waals surface area contributed by atoms with E-state index in [0.717, 1.165) is 89.2 Å². The van der Waals surface area contributed by atoms with Gasteiger partial charge < -0.3 is 9.15 Å². The fourth-order valence-electron chi connectivity index (χ4n) is 9.96. The molecule has 0 saturated carbocycles. The minimum Gasteiger partial charge on any atom is -0.484 e. The van der Waals surface area contributed by atoms with Gasteiger partial charge in [0.25, 0.3) is 0 Å². The Morgan fingerprint density at radius 3 is 1.36 bits per heavy atom. The molecule has 0 aliphatic carbocycles. The summed E-state index contributed by atoms with van der Waals surface area (Å²) in [5, 5.41) is 1.09. The van der Waals surface area contributed by atoms with Crippen molar-refractivity contribution in [1.82, 2.24) is 0 Å². The van der Waals surface area contributed by atoms with Gasteiger partial charge in [0.1, 0.15) is 23.2 Å². The monoisotopic (exact) mass is 844 g/mol. The molecule has 0 N–H and O–H groups in total. The standard InChI is InChI=1S/C64H44O2/c1-6-20-43(21-7-1)52-40-53(48-30-16-32-50(38-48)55-34-18-36-57-59(44-22-8-2-9-23-44)61(65-63(55)57)46-26-12-4-13-27-46)42-54(41-52)49-31-17-33-51(39-49)56-35-19-37-58-60(45-24-10-3-11-25-45)62(66-64(56)58)47-28-14-5-15-29-47/h1-42,59,61H. The van der Waals surface area contributed by atoms with E-state index in [9.17, 15) is 0 Å². The molecule has 0 amide bonds. The Balaban J connectivity index is 0.963. The van der Waals surface area contributed by atoms with Crippen molar-refractivity contribution in [2.24, 2.45) is 0 Å². The number of rotatable bonds is 9. The van der Waals surface area contributed by atoms with Crippen molar-refractivity contribution in [3.63, 3.8) is 0 Å². The lowest BCUT2D eigenvalue weighted by atomic mass is 9.84. The van der Waals surface area contributed by atoms with Crippen LogP contribution in [0.1, 0.15) is 28.7 Å². The maximum Gasteiger partial charge on any atom is 0.143 e. The first-order valence-corrected chi connectivity index (χ1v) is 22.7. The quantitative estimate of drug-likeness (QED) is 0.144. The Hall–Kier alpha value is -8.46. The van der Waals surface area contributed by atoms with Crippen LogP contribution in [0.4, 0.5) is 0 Å². The number of fused-ring (bicyclic) bond motifs is 2. The Labute approximate surface area is 385 Å². The molecule has 12 rings (SSSR count). The summed E-state index contributed by atoms with van der Waals surface area (Å²) in [6.07, 6.45) is -0.134. The zero-order valence-corrected chi connectivity index (χ0v) is 36.2. The summed E-state index contributed by atoms with van der Waals surface area (Å²) < 4.78 is 14.0. The molecule has 0 bridgehead atoms. The number of hydrogen-bond donors (Lipinski definition) is 0. The van der Waals surface area contributed by atoms with Gasteiger partial charge in [-0.3, -0.25) is 0 Å². The third-order valence-corrected chi connectivity index (χ3v) is 13.1. The van der Waals surface area contributed by atoms with Crippen molar-refractivity contribution >= 4 is 11.0 Å². The Bertz CT molecular complexity index is 3480. The lowest BCUT2D eigenvalue weighted by Gasteiger charge is -2.20. The molecule has 312 valence electrons. The molecule has 0 radical (unpaired) electrons. The van der Waals surface area contributed by atoms with E-state index in [-0.39, 0.29) is 12.0 Å². The average Bonchev–Trinajstić information content (AvgIpc) is 4.00. The third kappa shape index (κ3) is 7.19. The second-order valence-corrected chi connectivity index (χ2v) is 17.1. The number of benzene rings is 10. The van der Waals surface area contributed by atoms with Crippen LogP contribution in [0.5, 0.6) is 5.75 Å². The first kappa shape index (κ1) is 39.2. The molecule has 1 aliphatic rings. The summed E-state index contributed by atoms with van der Waals surface area (Å²) in [4.78, 5) is 0. The predicted octanol–water partition coefficient (Wildman–Crippen LogP) is 17.4. The third-order valence-electron chi connectivity index (χ3n) is 13.1. The summed E-state index contributed by atoms with van der Waals surface area (Å²) in [6, 6.07) is 91.1. The molecule has 2 atom stereocenters. The smallest absolute Gasteiger partial charge is 0.143 e. The van der Waals surface area contributed by atoms with E-state index < -0.39 is 0 Å². The van der Waals surface area contributed by atoms with Crippen LogP contribution in [0.3, 0.4) is 0 Å². The van der Waals surface area contributed by atoms with Crippen LogP contribution < -0.4 is 4.74 Å². The number of para-hydroxylation sites is 2. The van der Waals surface area contributed by atoms with Crippen molar-refractivity contribution < 1.29 is 9.15 Å². The van der Waals surface area contributed by atoms with Crippen molar-refractivity contribution in [2.75, 3.05) is 0 Å². The molecule has 10 aromatic carbocycles. The van der Waals surface area contributed by atoms with Gasteiger partial charge in [-0.1, -0.05) is 224 Å². The topological polar surface area (TPSA) is 22.4 Å². The van der Waals surface area contributed by atoms with Gasteiger partial charge >= 0.3 is 0 Å². The summed E-state index contributed by atoms with van der Waals surface area (Å²) in [5.74, 6) is 1.90. The van der Waals surface area contributed by atoms with E-state index in [0.29, 0.717) is 0 Å². The van der Waals surface area contributed by atoms with Crippen LogP contribution in [0.2, 0.25) is 0 Å². The number of ether oxygens (including phenoxy) is 1. The van der Waals surface area contributed by atoms with Crippen molar-refractivity contribution in [3.05, 3.63) is 271 Å². The van der Waals surface area contributed by atoms with Crippen molar-refractivity contribution in [1.29, 1.82) is 0 Å². The molecule has 0 saturated heterocycles. The zero-order valence-electron chi connectivity index (χ0n) is 36.2. The Morgan fingerprint density at radius 2 is 0.742 bits per heavy atom. The van der Waals surface area contributed by atoms with Gasteiger partial charge in [-0.05, 0) is 91.5 Å². The molecule has 1 aliphatic heterocycles. The number of furan rings is 1. The van der Waals surface area contributed by atoms with E-state index >= 15 is 0 Å². The molecule has 0 spiro atoms. The Kier molecular flexibility index (Phi) is 10.0. The van der Waals surface area contributed by atoms with Crippen LogP contribution >= 0.6 is 0 Å². The Morgan fingerprint density at radius 1 is 0.303 bits per heavy atom. The summed E-state index contributed by atoms with van der Waals surface area (Å²) in [6.45, 7) is 0. The van der Waals surface area contributed by atoms with Gasteiger partial charge in [0.15, 0.2) is 0 Å². The van der Waals surface area contributed by atoms with E-state index in [4.69, 9.17) is 9.15 Å². The zero-order chi connectivity index (χ0) is 43.8. The van der Waals surface area contributed by atoms with E-state index in [2.05, 4.69) is 249 Å². The molecule has 11 aromatic rings. The van der Waals surface area contributed by atoms with E-state index in [1.54, 1.807) is 0 Å². The highest BCUT2D eigenvalue weighted by atomic mass is 16.5. The minimum atomic E-state index is -0.134. The van der Waals surface area contributed by atoms with Gasteiger partial charge in [-0.25, -0.2) is 0 Å². The van der Waals surface area contributed by atoms with Crippen LogP contribution in [-0.4, -0.2) is 0 Å². The molecule has 2 heteroatoms. The molecule has 2 unspecified atom stereocenters. The van der Waals surface area contributed by atoms with Crippen molar-refractivity contribution in [2.45, 2.75) is 12.0 Å². The number of hydrogen-bond acceptors (Lipinski definition) is 2. The highest BCUT2D eigenvalue weighted by Crippen LogP contribution is 2.53. The van der Waals surface area contributed by atoms with Crippen molar-refractivity contribution in [3.8, 4) is 83.8 Å². The van der Waals surface area contributed by atoms with Gasteiger partial charge in [0, 0.05) is 33.2 Å². The highest BCUT2D eigenvalue weighted by molar-refractivity contribution is 6.07. The first-order valence-electron chi connectivity index (χ1n) is 22.7. The van der Waals surface area contributed by atoms with Crippen LogP contribution in [0.25, 0.3) is 89.1 Å². The minimum absolute atomic E-state index is 0.0733. The van der Waals surface area contributed by atoms with Crippen LogP contribution in [0.15, 0.2) is 259 Å². The molecule has 2 nitrogen and oxygen atoms in total. The molecule has 0 fully saturated rings. The molecule has 1 aromatic heterocycles. The second-order valence-electron chi connectivity index (χ2n) is 17.1. The molecule has 66 heavy (non-hydrogen) atoms. The summed E-state index contributed by atoms with van der Waals surface area (Å²) in [7, 11) is 0. The van der Waals surface area contributed by atoms with Gasteiger partial charge in [-0.2, -0.15) is 0 Å². The summed E-state index contributed by atoms with van der Waals surface area (Å²) in [5.41, 5.74) is 19.1. The maximum atomic E-state index is 7.07. The molecular formula is C64H44O2. The average molecular weight is 845 g/mol. The highest BCUT2D eigenvalue weighted by Gasteiger charge is 2.38. The molecule has 2 heterocycles. The van der Waals surface area contributed by atoms with E-state index in [1.165, 1.54) is 22.3 Å². The van der Waals surface area contributed by atoms with Gasteiger partial charge in [0.05, 0.1) is 5.92 Å². The van der Waals surface area contributed by atoms with Crippen LogP contribution in [0, 0.1) is 0 Å². The molecular weight excluding hydrogens is 801 g/mol. The SMILES string of the molecule is c1ccc(-c2cc(-c3cccc(-c4cccc5c4OC(c4ccccc4)C5c4ccccc4)c3)cc(-c3cccc(-c4cccc5c(-c6ccccc6)c(-c6ccccc6)oc45)c3)c2)cc1. The van der Waals surface area contributed by atoms with Gasteiger partial charge in [-0.15, -0.1) is 0 Å². The van der Waals surface area contributed by atoms with Crippen LogP contribution in [-0.2, 0) is 0 Å². The first-order chi connectivity index (χ1) is 32.7. The summed E-state index contributed by atoms with van der Waals surface area (Å²) >= 11 is 0. The maximum absolute atomic E-state index is 7.07. The lowest BCUT2D eigenvalue weighted by Crippen LogP contribution is -2.11.